The van der Waals surface area contributed by atoms with Crippen LogP contribution in [0.25, 0.3) is 0 Å². The van der Waals surface area contributed by atoms with Crippen LogP contribution < -0.4 is 0 Å². The fraction of sp³-hybridized carbons (Fsp3) is 0.667. The van der Waals surface area contributed by atoms with Gasteiger partial charge in [-0.25, -0.2) is 0 Å². The third-order valence-corrected chi connectivity index (χ3v) is 4.88. The topological polar surface area (TPSA) is 65.9 Å². The molecule has 134 valence electrons. The first-order valence-electron chi connectivity index (χ1n) is 8.52. The predicted octanol–water partition coefficient (Wildman–Crippen LogP) is 1.15. The maximum atomic E-state index is 12.5. The molecule has 0 radical (unpaired) electrons. The average molecular weight is 335 g/mol. The highest BCUT2D eigenvalue weighted by Crippen LogP contribution is 2.31. The van der Waals surface area contributed by atoms with Crippen LogP contribution in [-0.2, 0) is 16.1 Å². The van der Waals surface area contributed by atoms with E-state index in [2.05, 4.69) is 4.98 Å². The molecule has 2 rings (SSSR count). The first kappa shape index (κ1) is 18.8. The number of aromatic nitrogens is 1. The number of hydrogen-bond donors (Lipinski definition) is 1. The van der Waals surface area contributed by atoms with Crippen molar-refractivity contribution in [2.45, 2.75) is 31.9 Å². The molecule has 0 aromatic carbocycles. The molecule has 1 aliphatic heterocycles. The van der Waals surface area contributed by atoms with Crippen molar-refractivity contribution < 1.29 is 14.6 Å². The standard InChI is InChI=1S/C18H29N3O3/c1-15-12-21(10-7-18(15,23)8-11-24-3)17(22)14-20(2)13-16-6-4-5-9-19-16/h4-6,9,15,23H,7-8,10-14H2,1-3H3/t15-,18-/m1/s1. The molecular weight excluding hydrogens is 306 g/mol. The second-order valence-electron chi connectivity index (χ2n) is 6.83. The third kappa shape index (κ3) is 5.00. The van der Waals surface area contributed by atoms with Crippen LogP contribution in [0.1, 0.15) is 25.5 Å². The molecule has 1 N–H and O–H groups in total. The summed E-state index contributed by atoms with van der Waals surface area (Å²) in [5.41, 5.74) is 0.223. The van der Waals surface area contributed by atoms with Gasteiger partial charge in [0.05, 0.1) is 17.8 Å². The van der Waals surface area contributed by atoms with E-state index in [4.69, 9.17) is 4.74 Å². The van der Waals surface area contributed by atoms with Gasteiger partial charge >= 0.3 is 0 Å². The van der Waals surface area contributed by atoms with E-state index in [1.54, 1.807) is 13.3 Å². The lowest BCUT2D eigenvalue weighted by Crippen LogP contribution is -2.54. The van der Waals surface area contributed by atoms with E-state index in [0.717, 1.165) is 5.69 Å². The number of rotatable bonds is 7. The van der Waals surface area contributed by atoms with Crippen LogP contribution in [-0.4, -0.2) is 71.8 Å². The number of ether oxygens (including phenoxy) is 1. The summed E-state index contributed by atoms with van der Waals surface area (Å²) >= 11 is 0. The molecule has 0 saturated carbocycles. The molecule has 0 spiro atoms. The number of pyridine rings is 1. The van der Waals surface area contributed by atoms with Gasteiger partial charge in [-0.05, 0) is 32.0 Å². The molecule has 0 bridgehead atoms. The molecule has 2 heterocycles. The van der Waals surface area contributed by atoms with Crippen molar-refractivity contribution in [3.05, 3.63) is 30.1 Å². The van der Waals surface area contributed by atoms with E-state index in [0.29, 0.717) is 45.6 Å². The molecule has 2 atom stereocenters. The summed E-state index contributed by atoms with van der Waals surface area (Å²) in [7, 11) is 3.57. The zero-order chi connectivity index (χ0) is 17.6. The van der Waals surface area contributed by atoms with Crippen molar-refractivity contribution >= 4 is 5.91 Å². The van der Waals surface area contributed by atoms with Crippen LogP contribution >= 0.6 is 0 Å². The van der Waals surface area contributed by atoms with Gasteiger partial charge in [-0.3, -0.25) is 14.7 Å². The van der Waals surface area contributed by atoms with E-state index in [9.17, 15) is 9.90 Å². The number of carbonyl (C=O) groups excluding carboxylic acids is 1. The molecule has 1 amide bonds. The van der Waals surface area contributed by atoms with Gasteiger partial charge < -0.3 is 14.7 Å². The predicted molar refractivity (Wildman–Crippen MR) is 92.4 cm³/mol. The number of amides is 1. The van der Waals surface area contributed by atoms with Crippen LogP contribution in [0.15, 0.2) is 24.4 Å². The Bertz CT molecular complexity index is 526. The number of hydrogen-bond acceptors (Lipinski definition) is 5. The molecule has 6 nitrogen and oxygen atoms in total. The Morgan fingerprint density at radius 3 is 2.96 bits per heavy atom. The summed E-state index contributed by atoms with van der Waals surface area (Å²) in [5.74, 6) is 0.153. The molecule has 1 fully saturated rings. The molecule has 1 aromatic heterocycles. The fourth-order valence-corrected chi connectivity index (χ4v) is 3.20. The third-order valence-electron chi connectivity index (χ3n) is 4.88. The first-order valence-corrected chi connectivity index (χ1v) is 8.52. The van der Waals surface area contributed by atoms with Crippen molar-refractivity contribution in [1.29, 1.82) is 0 Å². The minimum Gasteiger partial charge on any atom is -0.389 e. The molecule has 6 heteroatoms. The van der Waals surface area contributed by atoms with Gasteiger partial charge in [-0.15, -0.1) is 0 Å². The normalized spacial score (nSPS) is 24.4. The second kappa shape index (κ2) is 8.55. The Morgan fingerprint density at radius 2 is 2.33 bits per heavy atom. The monoisotopic (exact) mass is 335 g/mol. The second-order valence-corrected chi connectivity index (χ2v) is 6.83. The number of carbonyl (C=O) groups is 1. The summed E-state index contributed by atoms with van der Waals surface area (Å²) in [5, 5.41) is 10.7. The van der Waals surface area contributed by atoms with Gasteiger partial charge in [0, 0.05) is 45.5 Å². The Kier molecular flexibility index (Phi) is 6.71. The van der Waals surface area contributed by atoms with E-state index >= 15 is 0 Å². The zero-order valence-corrected chi connectivity index (χ0v) is 14.9. The molecular formula is C18H29N3O3. The highest BCUT2D eigenvalue weighted by atomic mass is 16.5. The maximum Gasteiger partial charge on any atom is 0.236 e. The van der Waals surface area contributed by atoms with Gasteiger partial charge in [0.2, 0.25) is 5.91 Å². The van der Waals surface area contributed by atoms with Crippen LogP contribution in [0.3, 0.4) is 0 Å². The summed E-state index contributed by atoms with van der Waals surface area (Å²) in [6, 6.07) is 5.79. The summed E-state index contributed by atoms with van der Waals surface area (Å²) < 4.78 is 5.09. The fourth-order valence-electron chi connectivity index (χ4n) is 3.20. The molecule has 1 aliphatic rings. The van der Waals surface area contributed by atoms with Gasteiger partial charge in [0.25, 0.3) is 0 Å². The number of likely N-dealkylation sites (tertiary alicyclic amines) is 1. The average Bonchev–Trinajstić information content (AvgIpc) is 2.56. The first-order chi connectivity index (χ1) is 11.4. The van der Waals surface area contributed by atoms with Crippen molar-refractivity contribution in [2.75, 3.05) is 40.4 Å². The minimum absolute atomic E-state index is 0.0476. The Labute approximate surface area is 144 Å². The molecule has 1 aromatic rings. The Morgan fingerprint density at radius 1 is 1.54 bits per heavy atom. The Balaban J connectivity index is 1.83. The number of piperidine rings is 1. The quantitative estimate of drug-likeness (QED) is 0.810. The van der Waals surface area contributed by atoms with Crippen LogP contribution in [0.4, 0.5) is 0 Å². The highest BCUT2D eigenvalue weighted by Gasteiger charge is 2.39. The van der Waals surface area contributed by atoms with Crippen molar-refractivity contribution in [3.63, 3.8) is 0 Å². The lowest BCUT2D eigenvalue weighted by atomic mass is 9.80. The summed E-state index contributed by atoms with van der Waals surface area (Å²) in [4.78, 5) is 20.6. The van der Waals surface area contributed by atoms with Crippen LogP contribution in [0.2, 0.25) is 0 Å². The lowest BCUT2D eigenvalue weighted by molar-refractivity contribution is -0.141. The van der Waals surface area contributed by atoms with E-state index in [-0.39, 0.29) is 11.8 Å². The van der Waals surface area contributed by atoms with Gasteiger partial charge in [-0.2, -0.15) is 0 Å². The van der Waals surface area contributed by atoms with Crippen LogP contribution in [0, 0.1) is 5.92 Å². The molecule has 24 heavy (non-hydrogen) atoms. The summed E-state index contributed by atoms with van der Waals surface area (Å²) in [6.45, 7) is 4.75. The minimum atomic E-state index is -0.730. The smallest absolute Gasteiger partial charge is 0.236 e. The molecule has 1 saturated heterocycles. The van der Waals surface area contributed by atoms with Crippen LogP contribution in [0.5, 0.6) is 0 Å². The number of nitrogens with zero attached hydrogens (tertiary/aromatic N) is 3. The number of likely N-dealkylation sites (N-methyl/N-ethyl adjacent to an activating group) is 1. The Hall–Kier alpha value is -1.50. The van der Waals surface area contributed by atoms with E-state index in [1.807, 2.05) is 42.0 Å². The highest BCUT2D eigenvalue weighted by molar-refractivity contribution is 5.78. The molecule has 0 unspecified atom stereocenters. The van der Waals surface area contributed by atoms with E-state index in [1.165, 1.54) is 0 Å². The van der Waals surface area contributed by atoms with Crippen molar-refractivity contribution in [3.8, 4) is 0 Å². The molecule has 0 aliphatic carbocycles. The van der Waals surface area contributed by atoms with E-state index < -0.39 is 5.60 Å². The zero-order valence-electron chi connectivity index (χ0n) is 14.9. The van der Waals surface area contributed by atoms with Crippen molar-refractivity contribution in [1.82, 2.24) is 14.8 Å². The number of aliphatic hydroxyl groups is 1. The maximum absolute atomic E-state index is 12.5. The number of methoxy groups -OCH3 is 1. The van der Waals surface area contributed by atoms with Gasteiger partial charge in [-0.1, -0.05) is 13.0 Å². The van der Waals surface area contributed by atoms with Gasteiger partial charge in [0.1, 0.15) is 0 Å². The SMILES string of the molecule is COCC[C@]1(O)CCN(C(=O)CN(C)Cc2ccccn2)C[C@H]1C. The van der Waals surface area contributed by atoms with Gasteiger partial charge in [0.15, 0.2) is 0 Å². The summed E-state index contributed by atoms with van der Waals surface area (Å²) in [6.07, 6.45) is 2.98. The largest absolute Gasteiger partial charge is 0.389 e. The van der Waals surface area contributed by atoms with Crippen molar-refractivity contribution in [2.24, 2.45) is 5.92 Å². The lowest BCUT2D eigenvalue weighted by Gasteiger charge is -2.43.